The van der Waals surface area contributed by atoms with Gasteiger partial charge in [-0.25, -0.2) is 4.98 Å². The second kappa shape index (κ2) is 4.26. The second-order valence-corrected chi connectivity index (χ2v) is 3.67. The summed E-state index contributed by atoms with van der Waals surface area (Å²) in [5.41, 5.74) is 1.99. The Morgan fingerprint density at radius 3 is 2.44 bits per heavy atom. The Hall–Kier alpha value is -1.97. The molecule has 1 heterocycles. The van der Waals surface area contributed by atoms with E-state index >= 15 is 0 Å². The van der Waals surface area contributed by atoms with Gasteiger partial charge in [0.25, 0.3) is 0 Å². The Kier molecular flexibility index (Phi) is 2.81. The number of benzene rings is 1. The molecule has 0 spiro atoms. The van der Waals surface area contributed by atoms with Crippen molar-refractivity contribution in [2.45, 2.75) is 6.92 Å². The van der Waals surface area contributed by atoms with Gasteiger partial charge >= 0.3 is 0 Å². The van der Waals surface area contributed by atoms with Crippen molar-refractivity contribution in [3.05, 3.63) is 36.2 Å². The fraction of sp³-hybridized carbons (Fsp3) is 0.250. The molecule has 0 unspecified atom stereocenters. The standard InChI is InChI=1S/C12H15N3O/c1-9-8-15(2)12(13-9)14-10-4-6-11(16-3)7-5-10/h4-8H,1-3H3,(H,13,14). The molecule has 0 bridgehead atoms. The summed E-state index contributed by atoms with van der Waals surface area (Å²) in [7, 11) is 3.62. The molecule has 1 aromatic heterocycles. The van der Waals surface area contributed by atoms with Crippen molar-refractivity contribution in [3.63, 3.8) is 0 Å². The van der Waals surface area contributed by atoms with Crippen molar-refractivity contribution in [2.75, 3.05) is 12.4 Å². The average Bonchev–Trinajstić information content (AvgIpc) is 2.59. The van der Waals surface area contributed by atoms with E-state index < -0.39 is 0 Å². The van der Waals surface area contributed by atoms with Crippen LogP contribution in [0.3, 0.4) is 0 Å². The minimum atomic E-state index is 0.836. The van der Waals surface area contributed by atoms with Gasteiger partial charge in [0.05, 0.1) is 12.8 Å². The highest BCUT2D eigenvalue weighted by atomic mass is 16.5. The fourth-order valence-electron chi connectivity index (χ4n) is 1.54. The summed E-state index contributed by atoms with van der Waals surface area (Å²) in [4.78, 5) is 4.37. The van der Waals surface area contributed by atoms with E-state index in [1.54, 1.807) is 7.11 Å². The molecule has 0 saturated heterocycles. The van der Waals surface area contributed by atoms with E-state index in [4.69, 9.17) is 4.74 Å². The van der Waals surface area contributed by atoms with Gasteiger partial charge in [-0.3, -0.25) is 0 Å². The summed E-state index contributed by atoms with van der Waals surface area (Å²) < 4.78 is 7.06. The van der Waals surface area contributed by atoms with E-state index in [-0.39, 0.29) is 0 Å². The molecule has 0 atom stereocenters. The molecule has 84 valence electrons. The lowest BCUT2D eigenvalue weighted by Gasteiger charge is -2.06. The lowest BCUT2D eigenvalue weighted by molar-refractivity contribution is 0.415. The third-order valence-electron chi connectivity index (χ3n) is 2.34. The van der Waals surface area contributed by atoms with Crippen LogP contribution in [0.2, 0.25) is 0 Å². The van der Waals surface area contributed by atoms with Crippen LogP contribution in [-0.4, -0.2) is 16.7 Å². The minimum Gasteiger partial charge on any atom is -0.497 e. The van der Waals surface area contributed by atoms with Crippen LogP contribution in [0.1, 0.15) is 5.69 Å². The molecule has 4 nitrogen and oxygen atoms in total. The van der Waals surface area contributed by atoms with E-state index in [0.29, 0.717) is 0 Å². The molecule has 0 radical (unpaired) electrons. The Balaban J connectivity index is 2.17. The molecule has 0 aliphatic heterocycles. The monoisotopic (exact) mass is 217 g/mol. The Bertz CT molecular complexity index is 474. The van der Waals surface area contributed by atoms with Gasteiger partial charge in [-0.05, 0) is 31.2 Å². The zero-order valence-electron chi connectivity index (χ0n) is 9.69. The number of hydrogen-bond donors (Lipinski definition) is 1. The molecular weight excluding hydrogens is 202 g/mol. The molecule has 0 aliphatic carbocycles. The molecule has 0 fully saturated rings. The number of aryl methyl sites for hydroxylation is 2. The van der Waals surface area contributed by atoms with Gasteiger partial charge in [0, 0.05) is 18.9 Å². The predicted octanol–water partition coefficient (Wildman–Crippen LogP) is 2.48. The molecule has 16 heavy (non-hydrogen) atoms. The second-order valence-electron chi connectivity index (χ2n) is 3.67. The zero-order chi connectivity index (χ0) is 11.5. The highest BCUT2D eigenvalue weighted by Crippen LogP contribution is 2.18. The lowest BCUT2D eigenvalue weighted by atomic mass is 10.3. The molecule has 0 aliphatic rings. The summed E-state index contributed by atoms with van der Waals surface area (Å²) in [5.74, 6) is 1.68. The molecule has 1 N–H and O–H groups in total. The van der Waals surface area contributed by atoms with Gasteiger partial charge in [-0.15, -0.1) is 0 Å². The van der Waals surface area contributed by atoms with Crippen LogP contribution in [-0.2, 0) is 7.05 Å². The number of nitrogens with one attached hydrogen (secondary N) is 1. The first-order valence-electron chi connectivity index (χ1n) is 5.10. The molecule has 2 aromatic rings. The van der Waals surface area contributed by atoms with Crippen LogP contribution in [0.4, 0.5) is 11.6 Å². The van der Waals surface area contributed by atoms with E-state index in [2.05, 4.69) is 10.3 Å². The summed E-state index contributed by atoms with van der Waals surface area (Å²) in [6, 6.07) is 7.75. The van der Waals surface area contributed by atoms with Crippen LogP contribution in [0, 0.1) is 6.92 Å². The molecular formula is C12H15N3O. The topological polar surface area (TPSA) is 39.1 Å². The zero-order valence-corrected chi connectivity index (χ0v) is 9.69. The molecule has 4 heteroatoms. The maximum atomic E-state index is 5.10. The summed E-state index contributed by atoms with van der Waals surface area (Å²) in [5, 5.41) is 3.24. The van der Waals surface area contributed by atoms with Crippen LogP contribution < -0.4 is 10.1 Å². The number of hydrogen-bond acceptors (Lipinski definition) is 3. The van der Waals surface area contributed by atoms with E-state index in [0.717, 1.165) is 23.1 Å². The Labute approximate surface area is 94.9 Å². The van der Waals surface area contributed by atoms with Gasteiger partial charge in [0.1, 0.15) is 5.75 Å². The summed E-state index contributed by atoms with van der Waals surface area (Å²) in [6.07, 6.45) is 1.98. The largest absolute Gasteiger partial charge is 0.497 e. The van der Waals surface area contributed by atoms with E-state index in [1.165, 1.54) is 0 Å². The maximum absolute atomic E-state index is 5.10. The first-order chi connectivity index (χ1) is 7.69. The summed E-state index contributed by atoms with van der Waals surface area (Å²) in [6.45, 7) is 1.97. The number of ether oxygens (including phenoxy) is 1. The van der Waals surface area contributed by atoms with Gasteiger partial charge in [0.2, 0.25) is 5.95 Å². The van der Waals surface area contributed by atoms with Gasteiger partial charge in [0.15, 0.2) is 0 Å². The SMILES string of the molecule is COc1ccc(Nc2nc(C)cn2C)cc1. The van der Waals surface area contributed by atoms with Crippen molar-refractivity contribution in [1.29, 1.82) is 0 Å². The van der Waals surface area contributed by atoms with Crippen LogP contribution in [0.25, 0.3) is 0 Å². The highest BCUT2D eigenvalue weighted by Gasteiger charge is 2.02. The van der Waals surface area contributed by atoms with Crippen molar-refractivity contribution >= 4 is 11.6 Å². The smallest absolute Gasteiger partial charge is 0.207 e. The van der Waals surface area contributed by atoms with E-state index in [1.807, 2.05) is 49.0 Å². The fourth-order valence-corrected chi connectivity index (χ4v) is 1.54. The molecule has 1 aromatic carbocycles. The van der Waals surface area contributed by atoms with Gasteiger partial charge in [-0.2, -0.15) is 0 Å². The first-order valence-corrected chi connectivity index (χ1v) is 5.10. The lowest BCUT2D eigenvalue weighted by Crippen LogP contribution is -1.98. The number of anilines is 2. The average molecular weight is 217 g/mol. The number of nitrogens with zero attached hydrogens (tertiary/aromatic N) is 2. The Morgan fingerprint density at radius 1 is 1.25 bits per heavy atom. The number of imidazole rings is 1. The van der Waals surface area contributed by atoms with Gasteiger partial charge in [-0.1, -0.05) is 0 Å². The first kappa shape index (κ1) is 10.5. The van der Waals surface area contributed by atoms with Crippen molar-refractivity contribution in [3.8, 4) is 5.75 Å². The highest BCUT2D eigenvalue weighted by molar-refractivity contribution is 5.55. The third kappa shape index (κ3) is 2.16. The number of rotatable bonds is 3. The summed E-state index contributed by atoms with van der Waals surface area (Å²) >= 11 is 0. The van der Waals surface area contributed by atoms with Gasteiger partial charge < -0.3 is 14.6 Å². The minimum absolute atomic E-state index is 0.836. The maximum Gasteiger partial charge on any atom is 0.207 e. The van der Waals surface area contributed by atoms with Crippen LogP contribution in [0.5, 0.6) is 5.75 Å². The predicted molar refractivity (Wildman–Crippen MR) is 64.2 cm³/mol. The van der Waals surface area contributed by atoms with Crippen molar-refractivity contribution in [1.82, 2.24) is 9.55 Å². The third-order valence-corrected chi connectivity index (χ3v) is 2.34. The molecule has 0 amide bonds. The molecule has 0 saturated carbocycles. The number of methoxy groups -OCH3 is 1. The molecule has 2 rings (SSSR count). The van der Waals surface area contributed by atoms with E-state index in [9.17, 15) is 0 Å². The van der Waals surface area contributed by atoms with Crippen molar-refractivity contribution < 1.29 is 4.74 Å². The van der Waals surface area contributed by atoms with Crippen LogP contribution >= 0.6 is 0 Å². The normalized spacial score (nSPS) is 10.2. The van der Waals surface area contributed by atoms with Crippen LogP contribution in [0.15, 0.2) is 30.5 Å². The van der Waals surface area contributed by atoms with Crippen molar-refractivity contribution in [2.24, 2.45) is 7.05 Å². The number of aromatic nitrogens is 2. The quantitative estimate of drug-likeness (QED) is 0.858. The Morgan fingerprint density at radius 2 is 1.94 bits per heavy atom.